The molecule has 0 radical (unpaired) electrons. The Hall–Kier alpha value is -3.47. The van der Waals surface area contributed by atoms with E-state index in [0.717, 1.165) is 55.2 Å². The van der Waals surface area contributed by atoms with Crippen molar-refractivity contribution in [1.82, 2.24) is 19.7 Å². The summed E-state index contributed by atoms with van der Waals surface area (Å²) in [5.74, 6) is 1.75. The maximum atomic E-state index is 8.88. The number of nitriles is 1. The van der Waals surface area contributed by atoms with Crippen LogP contribution in [0.15, 0.2) is 47.7 Å². The summed E-state index contributed by atoms with van der Waals surface area (Å²) in [6.45, 7) is 5.25. The van der Waals surface area contributed by atoms with Crippen LogP contribution in [-0.2, 0) is 19.5 Å². The van der Waals surface area contributed by atoms with Gasteiger partial charge in [-0.05, 0) is 36.6 Å². The second-order valence-corrected chi connectivity index (χ2v) is 7.17. The predicted octanol–water partition coefficient (Wildman–Crippen LogP) is 1.73. The van der Waals surface area contributed by atoms with Gasteiger partial charge in [0.05, 0.1) is 18.1 Å². The highest BCUT2D eigenvalue weighted by Crippen LogP contribution is 2.31. The summed E-state index contributed by atoms with van der Waals surface area (Å²) in [6, 6.07) is 6.18. The molecule has 0 aromatic carbocycles. The minimum atomic E-state index is 0.156. The highest BCUT2D eigenvalue weighted by Gasteiger charge is 2.23. The van der Waals surface area contributed by atoms with Crippen LogP contribution in [0.4, 0.5) is 11.5 Å². The number of allylic oxidation sites excluding steroid dienone is 3. The molecule has 4 rings (SSSR count). The zero-order valence-electron chi connectivity index (χ0n) is 16.0. The molecule has 144 valence electrons. The van der Waals surface area contributed by atoms with Gasteiger partial charge in [0.1, 0.15) is 23.4 Å². The molecule has 0 unspecified atom stereocenters. The summed E-state index contributed by atoms with van der Waals surface area (Å²) in [5, 5.41) is 13.3. The minimum Gasteiger partial charge on any atom is -0.390 e. The molecule has 2 aliphatic rings. The van der Waals surface area contributed by atoms with E-state index in [0.29, 0.717) is 12.4 Å². The van der Waals surface area contributed by atoms with E-state index in [-0.39, 0.29) is 5.70 Å². The third-order valence-electron chi connectivity index (χ3n) is 5.30. The molecule has 4 N–H and O–H groups in total. The number of rotatable bonds is 3. The smallest absolute Gasteiger partial charge is 0.131 e. The number of nitrogens with two attached hydrogens (primary N) is 2. The average molecular weight is 376 g/mol. The van der Waals surface area contributed by atoms with Gasteiger partial charge in [-0.25, -0.2) is 4.68 Å². The van der Waals surface area contributed by atoms with Crippen LogP contribution in [-0.4, -0.2) is 32.8 Å². The molecule has 4 heterocycles. The Balaban J connectivity index is 1.61. The Morgan fingerprint density at radius 3 is 2.96 bits per heavy atom. The van der Waals surface area contributed by atoms with Gasteiger partial charge in [0.25, 0.3) is 0 Å². The van der Waals surface area contributed by atoms with Gasteiger partial charge in [-0.15, -0.1) is 0 Å². The first kappa shape index (κ1) is 17.9. The van der Waals surface area contributed by atoms with Gasteiger partial charge in [0.15, 0.2) is 0 Å². The van der Waals surface area contributed by atoms with Crippen LogP contribution in [0.5, 0.6) is 0 Å². The lowest BCUT2D eigenvalue weighted by molar-refractivity contribution is 0.313. The van der Waals surface area contributed by atoms with Gasteiger partial charge in [-0.1, -0.05) is 0 Å². The Bertz CT molecular complexity index is 994. The van der Waals surface area contributed by atoms with Crippen LogP contribution < -0.4 is 16.4 Å². The third-order valence-corrected chi connectivity index (χ3v) is 5.30. The summed E-state index contributed by atoms with van der Waals surface area (Å²) in [4.78, 5) is 9.11. The number of hydrogen-bond donors (Lipinski definition) is 2. The number of aromatic nitrogens is 3. The molecule has 0 saturated heterocycles. The molecular weight excluding hydrogens is 352 g/mol. The molecule has 0 bridgehead atoms. The first-order chi connectivity index (χ1) is 13.6. The Kier molecular flexibility index (Phi) is 4.65. The first-order valence-electron chi connectivity index (χ1n) is 9.42. The van der Waals surface area contributed by atoms with Crippen molar-refractivity contribution < 1.29 is 0 Å². The van der Waals surface area contributed by atoms with Gasteiger partial charge < -0.3 is 21.3 Å². The molecule has 2 aliphatic heterocycles. The molecule has 0 saturated carbocycles. The fourth-order valence-electron chi connectivity index (χ4n) is 3.84. The standard InChI is InChI=1S/C20H24N8/c1-14(9-16(22)11-21)20(23)26-8-4-18-15(13-26)10-17(12-24-18)27-6-2-7-28-19(27)3-5-25-28/h3,5,9-10,12H,2,4,6-8,13,22-23H2,1H3/b16-9-,20-14+. The molecule has 28 heavy (non-hydrogen) atoms. The number of aryl methyl sites for hydroxylation is 1. The van der Waals surface area contributed by atoms with Crippen molar-refractivity contribution in [3.63, 3.8) is 0 Å². The summed E-state index contributed by atoms with van der Waals surface area (Å²) < 4.78 is 2.03. The zero-order chi connectivity index (χ0) is 19.7. The molecule has 2 aromatic heterocycles. The van der Waals surface area contributed by atoms with E-state index in [2.05, 4.69) is 21.0 Å². The van der Waals surface area contributed by atoms with Gasteiger partial charge in [-0.3, -0.25) is 4.98 Å². The first-order valence-corrected chi connectivity index (χ1v) is 9.42. The fraction of sp³-hybridized carbons (Fsp3) is 0.350. The van der Waals surface area contributed by atoms with Crippen molar-refractivity contribution >= 4 is 11.5 Å². The van der Waals surface area contributed by atoms with Crippen molar-refractivity contribution in [3.05, 3.63) is 59.0 Å². The predicted molar refractivity (Wildman–Crippen MR) is 107 cm³/mol. The SMILES string of the molecule is CC(/C=C(\N)C#N)=C(/N)N1CCc2ncc(N3CCCn4nccc43)cc2C1. The van der Waals surface area contributed by atoms with Crippen molar-refractivity contribution in [1.29, 1.82) is 5.26 Å². The van der Waals surface area contributed by atoms with Crippen molar-refractivity contribution in [2.45, 2.75) is 32.9 Å². The molecule has 0 spiro atoms. The number of fused-ring (bicyclic) bond motifs is 2. The fourth-order valence-corrected chi connectivity index (χ4v) is 3.84. The maximum Gasteiger partial charge on any atom is 0.131 e. The van der Waals surface area contributed by atoms with Gasteiger partial charge in [0.2, 0.25) is 0 Å². The lowest BCUT2D eigenvalue weighted by Crippen LogP contribution is -2.35. The highest BCUT2D eigenvalue weighted by atomic mass is 15.4. The number of nitrogens with zero attached hydrogens (tertiary/aromatic N) is 6. The van der Waals surface area contributed by atoms with E-state index in [9.17, 15) is 0 Å². The van der Waals surface area contributed by atoms with Crippen LogP contribution in [0.25, 0.3) is 0 Å². The van der Waals surface area contributed by atoms with Crippen molar-refractivity contribution in [2.24, 2.45) is 11.5 Å². The monoisotopic (exact) mass is 376 g/mol. The number of hydrogen-bond acceptors (Lipinski definition) is 7. The highest BCUT2D eigenvalue weighted by molar-refractivity contribution is 5.61. The van der Waals surface area contributed by atoms with Gasteiger partial charge >= 0.3 is 0 Å². The summed E-state index contributed by atoms with van der Waals surface area (Å²) in [7, 11) is 0. The van der Waals surface area contributed by atoms with Crippen LogP contribution in [0.3, 0.4) is 0 Å². The van der Waals surface area contributed by atoms with Crippen LogP contribution in [0.2, 0.25) is 0 Å². The van der Waals surface area contributed by atoms with Crippen LogP contribution >= 0.6 is 0 Å². The van der Waals surface area contributed by atoms with E-state index in [1.807, 2.05) is 36.1 Å². The Morgan fingerprint density at radius 1 is 1.29 bits per heavy atom. The van der Waals surface area contributed by atoms with Crippen LogP contribution in [0, 0.1) is 11.3 Å². The Morgan fingerprint density at radius 2 is 2.14 bits per heavy atom. The lowest BCUT2D eigenvalue weighted by atomic mass is 10.0. The molecule has 0 fully saturated rings. The lowest BCUT2D eigenvalue weighted by Gasteiger charge is -2.33. The minimum absolute atomic E-state index is 0.156. The number of anilines is 2. The second kappa shape index (κ2) is 7.27. The third kappa shape index (κ3) is 3.27. The number of pyridine rings is 1. The van der Waals surface area contributed by atoms with Crippen molar-refractivity contribution in [3.8, 4) is 6.07 Å². The van der Waals surface area contributed by atoms with Crippen LogP contribution in [0.1, 0.15) is 24.6 Å². The van der Waals surface area contributed by atoms with E-state index >= 15 is 0 Å². The van der Waals surface area contributed by atoms with E-state index in [1.54, 1.807) is 6.08 Å². The van der Waals surface area contributed by atoms with Gasteiger partial charge in [0, 0.05) is 44.4 Å². The molecule has 0 atom stereocenters. The molecule has 2 aromatic rings. The second-order valence-electron chi connectivity index (χ2n) is 7.17. The largest absolute Gasteiger partial charge is 0.390 e. The topological polar surface area (TPSA) is 113 Å². The summed E-state index contributed by atoms with van der Waals surface area (Å²) >= 11 is 0. The molecular formula is C20H24N8. The summed E-state index contributed by atoms with van der Waals surface area (Å²) in [5.41, 5.74) is 16.3. The molecule has 8 heteroatoms. The maximum absolute atomic E-state index is 8.88. The average Bonchev–Trinajstić information content (AvgIpc) is 3.21. The molecule has 0 aliphatic carbocycles. The van der Waals surface area contributed by atoms with Gasteiger partial charge in [-0.2, -0.15) is 10.4 Å². The zero-order valence-corrected chi connectivity index (χ0v) is 16.0. The Labute approximate surface area is 164 Å². The summed E-state index contributed by atoms with van der Waals surface area (Å²) in [6.07, 6.45) is 7.31. The van der Waals surface area contributed by atoms with E-state index in [4.69, 9.17) is 21.7 Å². The normalized spacial score (nSPS) is 17.5. The van der Waals surface area contributed by atoms with Crippen molar-refractivity contribution in [2.75, 3.05) is 18.0 Å². The quantitative estimate of drug-likeness (QED) is 0.619. The molecule has 0 amide bonds. The van der Waals surface area contributed by atoms with E-state index in [1.165, 1.54) is 5.56 Å². The van der Waals surface area contributed by atoms with E-state index < -0.39 is 0 Å². The molecule has 8 nitrogen and oxygen atoms in total.